The van der Waals surface area contributed by atoms with Crippen LogP contribution in [0.3, 0.4) is 0 Å². The lowest BCUT2D eigenvalue weighted by molar-refractivity contribution is -0.121. The quantitative estimate of drug-likeness (QED) is 0.626. The van der Waals surface area contributed by atoms with Crippen molar-refractivity contribution < 1.29 is 14.3 Å². The summed E-state index contributed by atoms with van der Waals surface area (Å²) >= 11 is 5.89. The number of nitrogens with zero attached hydrogens (tertiary/aromatic N) is 1. The van der Waals surface area contributed by atoms with Gasteiger partial charge in [-0.25, -0.2) is 5.43 Å². The number of carbonyl (C=O) groups is 2. The molecule has 0 saturated heterocycles. The molecule has 0 heterocycles. The highest BCUT2D eigenvalue weighted by Gasteiger charge is 2.09. The van der Waals surface area contributed by atoms with E-state index < -0.39 is 0 Å². The van der Waals surface area contributed by atoms with E-state index in [2.05, 4.69) is 15.8 Å². The Bertz CT molecular complexity index is 558. The van der Waals surface area contributed by atoms with Crippen LogP contribution in [-0.4, -0.2) is 24.6 Å². The molecule has 114 valence electrons. The van der Waals surface area contributed by atoms with Gasteiger partial charge in [0.2, 0.25) is 11.8 Å². The third-order valence-electron chi connectivity index (χ3n) is 2.54. The van der Waals surface area contributed by atoms with Crippen molar-refractivity contribution in [2.24, 2.45) is 5.10 Å². The predicted molar refractivity (Wildman–Crippen MR) is 82.8 cm³/mol. The SMILES string of the molecule is CCC(=O)N/N=C(/C)CC(=O)Nc1cc(Cl)ccc1OC. The summed E-state index contributed by atoms with van der Waals surface area (Å²) in [7, 11) is 1.51. The molecule has 0 spiro atoms. The summed E-state index contributed by atoms with van der Waals surface area (Å²) in [6.45, 7) is 3.38. The number of hydrogen-bond acceptors (Lipinski definition) is 4. The summed E-state index contributed by atoms with van der Waals surface area (Å²) in [5.74, 6) is 0.0375. The smallest absolute Gasteiger partial charge is 0.239 e. The predicted octanol–water partition coefficient (Wildman–Crippen LogP) is 2.58. The first kappa shape index (κ1) is 17.0. The van der Waals surface area contributed by atoms with Gasteiger partial charge in [0.1, 0.15) is 5.75 Å². The van der Waals surface area contributed by atoms with E-state index in [4.69, 9.17) is 16.3 Å². The van der Waals surface area contributed by atoms with Crippen LogP contribution in [0.4, 0.5) is 5.69 Å². The zero-order chi connectivity index (χ0) is 15.8. The number of amides is 2. The summed E-state index contributed by atoms with van der Waals surface area (Å²) < 4.78 is 5.14. The van der Waals surface area contributed by atoms with Crippen LogP contribution in [0.1, 0.15) is 26.7 Å². The van der Waals surface area contributed by atoms with Gasteiger partial charge in [0.15, 0.2) is 0 Å². The van der Waals surface area contributed by atoms with Gasteiger partial charge in [0.25, 0.3) is 0 Å². The lowest BCUT2D eigenvalue weighted by Gasteiger charge is -2.10. The van der Waals surface area contributed by atoms with E-state index in [9.17, 15) is 9.59 Å². The maximum absolute atomic E-state index is 11.9. The van der Waals surface area contributed by atoms with Gasteiger partial charge >= 0.3 is 0 Å². The lowest BCUT2D eigenvalue weighted by Crippen LogP contribution is -2.20. The van der Waals surface area contributed by atoms with Gasteiger partial charge in [0.05, 0.1) is 19.2 Å². The summed E-state index contributed by atoms with van der Waals surface area (Å²) in [6, 6.07) is 4.94. The molecular weight excluding hydrogens is 294 g/mol. The Balaban J connectivity index is 2.65. The van der Waals surface area contributed by atoms with E-state index >= 15 is 0 Å². The molecule has 6 nitrogen and oxygen atoms in total. The molecule has 1 aromatic carbocycles. The van der Waals surface area contributed by atoms with Gasteiger partial charge in [-0.2, -0.15) is 5.10 Å². The molecule has 0 aliphatic rings. The topological polar surface area (TPSA) is 79.8 Å². The summed E-state index contributed by atoms with van der Waals surface area (Å²) in [4.78, 5) is 23.0. The number of halogens is 1. The Morgan fingerprint density at radius 1 is 1.33 bits per heavy atom. The molecule has 21 heavy (non-hydrogen) atoms. The molecule has 2 N–H and O–H groups in total. The van der Waals surface area contributed by atoms with Crippen LogP contribution < -0.4 is 15.5 Å². The van der Waals surface area contributed by atoms with Crippen molar-refractivity contribution in [2.45, 2.75) is 26.7 Å². The van der Waals surface area contributed by atoms with Crippen LogP contribution in [0.2, 0.25) is 5.02 Å². The molecule has 1 aromatic rings. The first-order chi connectivity index (χ1) is 9.96. The maximum atomic E-state index is 11.9. The number of carbonyl (C=O) groups excluding carboxylic acids is 2. The monoisotopic (exact) mass is 311 g/mol. The fourth-order valence-electron chi connectivity index (χ4n) is 1.48. The van der Waals surface area contributed by atoms with E-state index in [1.54, 1.807) is 32.0 Å². The Morgan fingerprint density at radius 3 is 2.67 bits per heavy atom. The van der Waals surface area contributed by atoms with E-state index in [0.717, 1.165) is 0 Å². The Labute approximate surface area is 128 Å². The molecule has 2 amide bonds. The fraction of sp³-hybridized carbons (Fsp3) is 0.357. The largest absolute Gasteiger partial charge is 0.495 e. The van der Waals surface area contributed by atoms with Crippen LogP contribution in [-0.2, 0) is 9.59 Å². The Morgan fingerprint density at radius 2 is 2.05 bits per heavy atom. The third kappa shape index (κ3) is 5.83. The van der Waals surface area contributed by atoms with Crippen LogP contribution in [0.25, 0.3) is 0 Å². The summed E-state index contributed by atoms with van der Waals surface area (Å²) in [6.07, 6.45) is 0.391. The molecular formula is C14H18ClN3O3. The second kappa shape index (κ2) is 8.26. The second-order valence-electron chi connectivity index (χ2n) is 4.31. The number of benzene rings is 1. The highest BCUT2D eigenvalue weighted by atomic mass is 35.5. The molecule has 0 unspecified atom stereocenters. The van der Waals surface area contributed by atoms with Crippen molar-refractivity contribution in [2.75, 3.05) is 12.4 Å². The molecule has 0 bridgehead atoms. The van der Waals surface area contributed by atoms with Crippen molar-refractivity contribution in [3.05, 3.63) is 23.2 Å². The number of hydrogen-bond donors (Lipinski definition) is 2. The lowest BCUT2D eigenvalue weighted by atomic mass is 10.2. The molecule has 0 aliphatic heterocycles. The van der Waals surface area contributed by atoms with Gasteiger partial charge in [0, 0.05) is 17.2 Å². The number of ether oxygens (including phenoxy) is 1. The number of hydrazone groups is 1. The molecule has 7 heteroatoms. The highest BCUT2D eigenvalue weighted by Crippen LogP contribution is 2.27. The van der Waals surface area contributed by atoms with Crippen molar-refractivity contribution in [3.8, 4) is 5.75 Å². The van der Waals surface area contributed by atoms with Crippen molar-refractivity contribution >= 4 is 34.8 Å². The van der Waals surface area contributed by atoms with E-state index in [-0.39, 0.29) is 18.2 Å². The summed E-state index contributed by atoms with van der Waals surface area (Å²) in [5.41, 5.74) is 3.34. The molecule has 0 aromatic heterocycles. The van der Waals surface area contributed by atoms with Gasteiger partial charge in [-0.15, -0.1) is 0 Å². The Hall–Kier alpha value is -2.08. The maximum Gasteiger partial charge on any atom is 0.239 e. The van der Waals surface area contributed by atoms with Crippen molar-refractivity contribution in [3.63, 3.8) is 0 Å². The zero-order valence-electron chi connectivity index (χ0n) is 12.2. The zero-order valence-corrected chi connectivity index (χ0v) is 13.0. The van der Waals surface area contributed by atoms with Crippen LogP contribution in [0, 0.1) is 0 Å². The molecule has 0 aliphatic carbocycles. The van der Waals surface area contributed by atoms with E-state index in [0.29, 0.717) is 28.6 Å². The molecule has 0 radical (unpaired) electrons. The third-order valence-corrected chi connectivity index (χ3v) is 2.78. The van der Waals surface area contributed by atoms with Crippen LogP contribution in [0.5, 0.6) is 5.75 Å². The standard InChI is InChI=1S/C14H18ClN3O3/c1-4-13(19)18-17-9(2)7-14(20)16-11-8-10(15)5-6-12(11)21-3/h5-6,8H,4,7H2,1-3H3,(H,16,20)(H,18,19)/b17-9-. The molecule has 0 saturated carbocycles. The highest BCUT2D eigenvalue weighted by molar-refractivity contribution is 6.31. The van der Waals surface area contributed by atoms with Gasteiger partial charge in [-0.3, -0.25) is 9.59 Å². The average molecular weight is 312 g/mol. The van der Waals surface area contributed by atoms with Gasteiger partial charge < -0.3 is 10.1 Å². The van der Waals surface area contributed by atoms with E-state index in [1.165, 1.54) is 7.11 Å². The Kier molecular flexibility index (Phi) is 6.68. The minimum atomic E-state index is -0.275. The number of methoxy groups -OCH3 is 1. The van der Waals surface area contributed by atoms with E-state index in [1.807, 2.05) is 0 Å². The first-order valence-electron chi connectivity index (χ1n) is 6.41. The molecule has 1 rings (SSSR count). The molecule has 0 atom stereocenters. The van der Waals surface area contributed by atoms with Gasteiger partial charge in [-0.1, -0.05) is 18.5 Å². The average Bonchev–Trinajstić information content (AvgIpc) is 2.44. The normalized spacial score (nSPS) is 11.0. The van der Waals surface area contributed by atoms with Crippen molar-refractivity contribution in [1.82, 2.24) is 5.43 Å². The first-order valence-corrected chi connectivity index (χ1v) is 6.79. The number of nitrogens with one attached hydrogen (secondary N) is 2. The summed E-state index contributed by atoms with van der Waals surface area (Å²) in [5, 5.41) is 7.02. The molecule has 0 fully saturated rings. The second-order valence-corrected chi connectivity index (χ2v) is 4.74. The van der Waals surface area contributed by atoms with Gasteiger partial charge in [-0.05, 0) is 25.1 Å². The number of rotatable bonds is 6. The van der Waals surface area contributed by atoms with Crippen molar-refractivity contribution in [1.29, 1.82) is 0 Å². The minimum Gasteiger partial charge on any atom is -0.495 e. The van der Waals surface area contributed by atoms with Crippen LogP contribution in [0.15, 0.2) is 23.3 Å². The number of anilines is 1. The fourth-order valence-corrected chi connectivity index (χ4v) is 1.65. The minimum absolute atomic E-state index is 0.0552. The van der Waals surface area contributed by atoms with Crippen LogP contribution >= 0.6 is 11.6 Å².